The van der Waals surface area contributed by atoms with Crippen LogP contribution in [0.1, 0.15) is 20.3 Å². The van der Waals surface area contributed by atoms with Gasteiger partial charge in [-0.1, -0.05) is 13.8 Å². The number of rotatable bonds is 7. The lowest BCUT2D eigenvalue weighted by molar-refractivity contribution is -0.121. The quantitative estimate of drug-likeness (QED) is 0.679. The molecule has 0 fully saturated rings. The van der Waals surface area contributed by atoms with Crippen LogP contribution in [0.5, 0.6) is 0 Å². The van der Waals surface area contributed by atoms with E-state index in [1.165, 1.54) is 16.8 Å². The molecule has 1 aromatic rings. The summed E-state index contributed by atoms with van der Waals surface area (Å²) in [6, 6.07) is 1.26. The molecule has 0 spiro atoms. The SMILES string of the molecule is CC(C)CCNC(=O)Cn1ccc(=O)n(CCN)c1=O. The van der Waals surface area contributed by atoms with Gasteiger partial charge < -0.3 is 11.1 Å². The zero-order chi connectivity index (χ0) is 15.1. The third kappa shape index (κ3) is 4.65. The summed E-state index contributed by atoms with van der Waals surface area (Å²) in [5.41, 5.74) is 4.44. The van der Waals surface area contributed by atoms with Crippen molar-refractivity contribution in [2.75, 3.05) is 13.1 Å². The Morgan fingerprint density at radius 3 is 2.70 bits per heavy atom. The van der Waals surface area contributed by atoms with Gasteiger partial charge in [-0.15, -0.1) is 0 Å². The Balaban J connectivity index is 2.73. The molecule has 0 aliphatic carbocycles. The lowest BCUT2D eigenvalue weighted by Crippen LogP contribution is -2.42. The van der Waals surface area contributed by atoms with Gasteiger partial charge in [0.1, 0.15) is 6.54 Å². The summed E-state index contributed by atoms with van der Waals surface area (Å²) in [6.45, 7) is 4.96. The minimum Gasteiger partial charge on any atom is -0.355 e. The predicted octanol–water partition coefficient (Wildman–Crippen LogP) is -0.869. The Morgan fingerprint density at radius 1 is 1.40 bits per heavy atom. The van der Waals surface area contributed by atoms with Gasteiger partial charge >= 0.3 is 5.69 Å². The molecule has 0 unspecified atom stereocenters. The highest BCUT2D eigenvalue weighted by atomic mass is 16.2. The highest BCUT2D eigenvalue weighted by molar-refractivity contribution is 5.75. The van der Waals surface area contributed by atoms with Gasteiger partial charge in [0.2, 0.25) is 5.91 Å². The highest BCUT2D eigenvalue weighted by Crippen LogP contribution is 1.96. The van der Waals surface area contributed by atoms with Gasteiger partial charge in [0.25, 0.3) is 5.56 Å². The second kappa shape index (κ2) is 7.64. The van der Waals surface area contributed by atoms with Gasteiger partial charge in [-0.25, -0.2) is 4.79 Å². The Hall–Kier alpha value is -1.89. The molecule has 0 atom stereocenters. The van der Waals surface area contributed by atoms with Gasteiger partial charge in [-0.05, 0) is 12.3 Å². The van der Waals surface area contributed by atoms with Crippen LogP contribution in [0.4, 0.5) is 0 Å². The number of carbonyl (C=O) groups is 1. The van der Waals surface area contributed by atoms with Crippen LogP contribution in [0.3, 0.4) is 0 Å². The fourth-order valence-electron chi connectivity index (χ4n) is 1.72. The maximum atomic E-state index is 12.0. The Kier molecular flexibility index (Phi) is 6.17. The van der Waals surface area contributed by atoms with Crippen LogP contribution in [0, 0.1) is 5.92 Å². The number of nitrogens with two attached hydrogens (primary N) is 1. The molecular formula is C13H22N4O3. The molecule has 0 aliphatic rings. The van der Waals surface area contributed by atoms with E-state index < -0.39 is 11.2 Å². The fraction of sp³-hybridized carbons (Fsp3) is 0.615. The molecule has 7 heteroatoms. The summed E-state index contributed by atoms with van der Waals surface area (Å²) >= 11 is 0. The van der Waals surface area contributed by atoms with E-state index in [1.54, 1.807) is 0 Å². The molecule has 0 radical (unpaired) electrons. The summed E-state index contributed by atoms with van der Waals surface area (Å²) in [7, 11) is 0. The van der Waals surface area contributed by atoms with Crippen molar-refractivity contribution >= 4 is 5.91 Å². The first kappa shape index (κ1) is 16.2. The van der Waals surface area contributed by atoms with Crippen molar-refractivity contribution in [3.63, 3.8) is 0 Å². The van der Waals surface area contributed by atoms with E-state index in [0.29, 0.717) is 12.5 Å². The molecule has 112 valence electrons. The topological polar surface area (TPSA) is 99.1 Å². The average Bonchev–Trinajstić information content (AvgIpc) is 2.37. The second-order valence-electron chi connectivity index (χ2n) is 5.04. The minimum absolute atomic E-state index is 0.0955. The molecule has 0 bridgehead atoms. The van der Waals surface area contributed by atoms with Crippen molar-refractivity contribution in [3.05, 3.63) is 33.1 Å². The maximum Gasteiger partial charge on any atom is 0.331 e. The summed E-state index contributed by atoms with van der Waals surface area (Å²) in [5.74, 6) is 0.259. The van der Waals surface area contributed by atoms with E-state index in [4.69, 9.17) is 5.73 Å². The Bertz CT molecular complexity index is 559. The maximum absolute atomic E-state index is 12.0. The Labute approximate surface area is 117 Å². The molecule has 1 heterocycles. The summed E-state index contributed by atoms with van der Waals surface area (Å²) in [5, 5.41) is 2.75. The largest absolute Gasteiger partial charge is 0.355 e. The molecule has 0 aromatic carbocycles. The number of hydrogen-bond acceptors (Lipinski definition) is 4. The van der Waals surface area contributed by atoms with Crippen molar-refractivity contribution in [1.82, 2.24) is 14.5 Å². The number of nitrogens with one attached hydrogen (secondary N) is 1. The number of amides is 1. The number of hydrogen-bond donors (Lipinski definition) is 2. The smallest absolute Gasteiger partial charge is 0.331 e. The van der Waals surface area contributed by atoms with Crippen LogP contribution in [-0.4, -0.2) is 28.1 Å². The van der Waals surface area contributed by atoms with Crippen LogP contribution < -0.4 is 22.3 Å². The van der Waals surface area contributed by atoms with E-state index in [-0.39, 0.29) is 25.5 Å². The van der Waals surface area contributed by atoms with Crippen molar-refractivity contribution in [2.45, 2.75) is 33.4 Å². The lowest BCUT2D eigenvalue weighted by atomic mass is 10.1. The van der Waals surface area contributed by atoms with Crippen LogP contribution in [0.25, 0.3) is 0 Å². The van der Waals surface area contributed by atoms with Crippen LogP contribution in [0.15, 0.2) is 21.9 Å². The van der Waals surface area contributed by atoms with E-state index in [9.17, 15) is 14.4 Å². The number of carbonyl (C=O) groups excluding carboxylic acids is 1. The molecule has 20 heavy (non-hydrogen) atoms. The molecular weight excluding hydrogens is 260 g/mol. The first-order valence-electron chi connectivity index (χ1n) is 6.72. The predicted molar refractivity (Wildman–Crippen MR) is 76.5 cm³/mol. The van der Waals surface area contributed by atoms with Crippen LogP contribution >= 0.6 is 0 Å². The lowest BCUT2D eigenvalue weighted by Gasteiger charge is -2.10. The highest BCUT2D eigenvalue weighted by Gasteiger charge is 2.08. The summed E-state index contributed by atoms with van der Waals surface area (Å²) in [4.78, 5) is 35.2. The summed E-state index contributed by atoms with van der Waals surface area (Å²) < 4.78 is 2.24. The molecule has 3 N–H and O–H groups in total. The molecule has 1 rings (SSSR count). The third-order valence-corrected chi connectivity index (χ3v) is 2.85. The van der Waals surface area contributed by atoms with Crippen LogP contribution in [-0.2, 0) is 17.9 Å². The van der Waals surface area contributed by atoms with E-state index >= 15 is 0 Å². The van der Waals surface area contributed by atoms with E-state index in [0.717, 1.165) is 11.0 Å². The monoisotopic (exact) mass is 282 g/mol. The second-order valence-corrected chi connectivity index (χ2v) is 5.04. The third-order valence-electron chi connectivity index (χ3n) is 2.85. The molecule has 0 saturated carbocycles. The Morgan fingerprint density at radius 2 is 2.10 bits per heavy atom. The van der Waals surface area contributed by atoms with Gasteiger partial charge in [0.15, 0.2) is 0 Å². The first-order valence-corrected chi connectivity index (χ1v) is 6.72. The van der Waals surface area contributed by atoms with Crippen LogP contribution in [0.2, 0.25) is 0 Å². The average molecular weight is 282 g/mol. The normalized spacial score (nSPS) is 10.8. The molecule has 7 nitrogen and oxygen atoms in total. The van der Waals surface area contributed by atoms with Gasteiger partial charge in [0, 0.05) is 31.9 Å². The van der Waals surface area contributed by atoms with Gasteiger partial charge in [0.05, 0.1) is 0 Å². The molecule has 0 saturated heterocycles. The van der Waals surface area contributed by atoms with E-state index in [2.05, 4.69) is 19.2 Å². The van der Waals surface area contributed by atoms with Gasteiger partial charge in [-0.2, -0.15) is 0 Å². The fourth-order valence-corrected chi connectivity index (χ4v) is 1.72. The first-order chi connectivity index (χ1) is 9.45. The molecule has 0 aliphatic heterocycles. The van der Waals surface area contributed by atoms with Crippen molar-refractivity contribution < 1.29 is 4.79 Å². The number of nitrogens with zero attached hydrogens (tertiary/aromatic N) is 2. The zero-order valence-electron chi connectivity index (χ0n) is 12.0. The van der Waals surface area contributed by atoms with Crippen molar-refractivity contribution in [3.8, 4) is 0 Å². The minimum atomic E-state index is -0.512. The molecule has 1 aromatic heterocycles. The summed E-state index contributed by atoms with van der Waals surface area (Å²) in [6.07, 6.45) is 2.22. The van der Waals surface area contributed by atoms with Crippen molar-refractivity contribution in [1.29, 1.82) is 0 Å². The zero-order valence-corrected chi connectivity index (χ0v) is 12.0. The standard InChI is InChI=1S/C13H22N4O3/c1-10(2)3-6-15-11(18)9-16-7-4-12(19)17(8-5-14)13(16)20/h4,7,10H,3,5-6,8-9,14H2,1-2H3,(H,15,18). The molecule has 1 amide bonds. The van der Waals surface area contributed by atoms with Crippen molar-refractivity contribution in [2.24, 2.45) is 11.7 Å². The van der Waals surface area contributed by atoms with E-state index in [1.807, 2.05) is 0 Å². The van der Waals surface area contributed by atoms with Gasteiger partial charge in [-0.3, -0.25) is 18.7 Å². The number of aromatic nitrogens is 2.